The van der Waals surface area contributed by atoms with Crippen LogP contribution >= 0.6 is 0 Å². The fourth-order valence-corrected chi connectivity index (χ4v) is 21.0. The van der Waals surface area contributed by atoms with Gasteiger partial charge < -0.3 is 24.8 Å². The molecule has 0 aromatic heterocycles. The number of rotatable bonds is 2. The minimum Gasteiger partial charge on any atom is -1.00 e. The van der Waals surface area contributed by atoms with Crippen molar-refractivity contribution < 1.29 is 45.2 Å². The minimum atomic E-state index is -1.80. The fourth-order valence-electron chi connectivity index (χ4n) is 4.38. The van der Waals surface area contributed by atoms with Crippen LogP contribution in [0.1, 0.15) is 38.3 Å². The summed E-state index contributed by atoms with van der Waals surface area (Å²) in [7, 11) is 0. The first-order valence-corrected chi connectivity index (χ1v) is 18.3. The Morgan fingerprint density at radius 3 is 2.21 bits per heavy atom. The molecule has 0 aliphatic heterocycles. The maximum Gasteiger partial charge on any atom is -1.00 e. The Bertz CT molecular complexity index is 990. The second-order valence-electron chi connectivity index (χ2n) is 8.82. The van der Waals surface area contributed by atoms with E-state index in [9.17, 15) is 0 Å². The van der Waals surface area contributed by atoms with Gasteiger partial charge in [-0.05, 0) is 0 Å². The molecular weight excluding hydrogens is 478 g/mol. The molecular formula is C24H28Cl2SiZr. The van der Waals surface area contributed by atoms with Crippen LogP contribution in [0.4, 0.5) is 0 Å². The maximum atomic E-state index is 2.61. The van der Waals surface area contributed by atoms with Gasteiger partial charge in [0.05, 0.1) is 0 Å². The normalized spacial score (nSPS) is 13.9. The summed E-state index contributed by atoms with van der Waals surface area (Å²) in [4.78, 5) is 0. The average molecular weight is 507 g/mol. The summed E-state index contributed by atoms with van der Waals surface area (Å²) >= 11 is -1.80. The van der Waals surface area contributed by atoms with Gasteiger partial charge in [-0.3, -0.25) is 0 Å². The van der Waals surface area contributed by atoms with Crippen molar-refractivity contribution in [1.29, 1.82) is 0 Å². The molecule has 0 saturated carbocycles. The van der Waals surface area contributed by atoms with Crippen LogP contribution in [0.2, 0.25) is 13.1 Å². The fraction of sp³-hybridized carbons (Fsp3) is 0.333. The minimum absolute atomic E-state index is 0. The first kappa shape index (κ1) is 23.9. The van der Waals surface area contributed by atoms with Gasteiger partial charge in [-0.15, -0.1) is 0 Å². The summed E-state index contributed by atoms with van der Waals surface area (Å²) in [6, 6.07) is 16.2. The van der Waals surface area contributed by atoms with Gasteiger partial charge in [-0.25, -0.2) is 0 Å². The van der Waals surface area contributed by atoms with E-state index < -0.39 is 20.4 Å². The van der Waals surface area contributed by atoms with E-state index in [2.05, 4.69) is 88.5 Å². The number of halogens is 2. The van der Waals surface area contributed by atoms with Gasteiger partial charge in [-0.2, -0.15) is 0 Å². The van der Waals surface area contributed by atoms with Gasteiger partial charge in [-0.1, -0.05) is 0 Å². The van der Waals surface area contributed by atoms with Crippen LogP contribution in [0.15, 0.2) is 63.5 Å². The smallest absolute Gasteiger partial charge is 1.00 e. The molecule has 2 aromatic carbocycles. The van der Waals surface area contributed by atoms with E-state index >= 15 is 0 Å². The Morgan fingerprint density at radius 2 is 1.57 bits per heavy atom. The van der Waals surface area contributed by atoms with Gasteiger partial charge >= 0.3 is 167 Å². The zero-order valence-electron chi connectivity index (χ0n) is 17.4. The molecule has 0 nitrogen and oxygen atoms in total. The van der Waals surface area contributed by atoms with Crippen molar-refractivity contribution in [3.05, 3.63) is 74.6 Å². The molecule has 2 aliphatic rings. The third kappa shape index (κ3) is 4.36. The Balaban J connectivity index is 0.00000140. The van der Waals surface area contributed by atoms with Crippen molar-refractivity contribution in [3.63, 3.8) is 0 Å². The molecule has 0 N–H and O–H groups in total. The maximum absolute atomic E-state index is 2.61. The molecule has 2 aliphatic carbocycles. The Labute approximate surface area is 190 Å². The van der Waals surface area contributed by atoms with E-state index in [1.54, 1.807) is 14.4 Å². The van der Waals surface area contributed by atoms with Crippen LogP contribution in [-0.4, -0.2) is 5.43 Å². The van der Waals surface area contributed by atoms with Crippen molar-refractivity contribution in [1.82, 2.24) is 0 Å². The summed E-state index contributed by atoms with van der Waals surface area (Å²) in [5.41, 5.74) is 7.73. The van der Waals surface area contributed by atoms with E-state index in [1.165, 1.54) is 23.1 Å². The molecule has 2 aromatic rings. The molecule has 0 bridgehead atoms. The van der Waals surface area contributed by atoms with Crippen molar-refractivity contribution in [2.24, 2.45) is 5.41 Å². The largest absolute Gasteiger partial charge is 1.00 e. The Morgan fingerprint density at radius 1 is 0.893 bits per heavy atom. The number of allylic oxidation sites excluding steroid dienone is 4. The summed E-state index contributed by atoms with van der Waals surface area (Å²) in [6.07, 6.45) is 7.48. The third-order valence-electron chi connectivity index (χ3n) is 5.68. The van der Waals surface area contributed by atoms with Crippen LogP contribution in [0.3, 0.4) is 0 Å². The SMILES string of the molecule is C[Si](C)=[Zr+2]([C]1=CC(C(C)(C)C)=CC1)[c]1cccc2c1Cc1ccccc1-2.[Cl-].[Cl-]. The van der Waals surface area contributed by atoms with Gasteiger partial charge in [0.15, 0.2) is 0 Å². The molecule has 4 rings (SSSR count). The number of fused-ring (bicyclic) bond motifs is 3. The molecule has 4 heteroatoms. The monoisotopic (exact) mass is 504 g/mol. The predicted octanol–water partition coefficient (Wildman–Crippen LogP) is 0.0205. The topological polar surface area (TPSA) is 0 Å². The number of hydrogen-bond acceptors (Lipinski definition) is 0. The number of benzene rings is 2. The average Bonchev–Trinajstić information content (AvgIpc) is 3.20. The van der Waals surface area contributed by atoms with Crippen LogP contribution in [0, 0.1) is 5.41 Å². The van der Waals surface area contributed by atoms with E-state index in [1.807, 2.05) is 3.28 Å². The van der Waals surface area contributed by atoms with E-state index in [0.29, 0.717) is 0 Å². The van der Waals surface area contributed by atoms with Gasteiger partial charge in [0.25, 0.3) is 0 Å². The van der Waals surface area contributed by atoms with Gasteiger partial charge in [0.1, 0.15) is 0 Å². The molecule has 0 heterocycles. The van der Waals surface area contributed by atoms with Crippen LogP contribution in [-0.2, 0) is 26.8 Å². The molecule has 0 spiro atoms. The molecule has 0 unspecified atom stereocenters. The van der Waals surface area contributed by atoms with Gasteiger partial charge in [0.2, 0.25) is 0 Å². The molecule has 0 radical (unpaired) electrons. The zero-order valence-corrected chi connectivity index (χ0v) is 22.3. The zero-order chi connectivity index (χ0) is 18.5. The van der Waals surface area contributed by atoms with Crippen molar-refractivity contribution in [2.75, 3.05) is 0 Å². The summed E-state index contributed by atoms with van der Waals surface area (Å²) in [5.74, 6) is 0. The van der Waals surface area contributed by atoms with E-state index in [-0.39, 0.29) is 35.7 Å². The van der Waals surface area contributed by atoms with Crippen LogP contribution in [0.5, 0.6) is 0 Å². The number of hydrogen-bond donors (Lipinski definition) is 0. The third-order valence-corrected chi connectivity index (χ3v) is 22.5. The first-order chi connectivity index (χ1) is 12.4. The summed E-state index contributed by atoms with van der Waals surface area (Å²) in [5, 5.41) is 0. The van der Waals surface area contributed by atoms with Crippen molar-refractivity contribution in [3.8, 4) is 11.1 Å². The van der Waals surface area contributed by atoms with Crippen LogP contribution in [0.25, 0.3) is 11.1 Å². The molecule has 0 saturated heterocycles. The van der Waals surface area contributed by atoms with Crippen molar-refractivity contribution in [2.45, 2.75) is 46.7 Å². The summed E-state index contributed by atoms with van der Waals surface area (Å²) < 4.78 is 3.62. The quantitative estimate of drug-likeness (QED) is 0.430. The van der Waals surface area contributed by atoms with E-state index in [0.717, 1.165) is 6.42 Å². The Kier molecular flexibility index (Phi) is 7.82. The van der Waals surface area contributed by atoms with Crippen molar-refractivity contribution >= 4 is 8.70 Å². The second-order valence-corrected chi connectivity index (χ2v) is 25.9. The molecule has 146 valence electrons. The molecule has 0 fully saturated rings. The van der Waals surface area contributed by atoms with Gasteiger partial charge in [0, 0.05) is 0 Å². The van der Waals surface area contributed by atoms with E-state index in [4.69, 9.17) is 0 Å². The first-order valence-electron chi connectivity index (χ1n) is 9.66. The van der Waals surface area contributed by atoms with Crippen LogP contribution < -0.4 is 28.1 Å². The molecule has 28 heavy (non-hydrogen) atoms. The molecule has 0 amide bonds. The molecule has 0 atom stereocenters. The summed E-state index contributed by atoms with van der Waals surface area (Å²) in [6.45, 7) is 12.2. The standard InChI is InChI=1S/C13H9.C9H13.C2H6Si.2ClH.Zr/c1-3-7-12-10(5-1)9-11-6-2-4-8-13(11)12;1-9(2,3)8-6-4-5-7-8;1-3-2;;;/h1-5,7-8H,9H2;6-7H,4H2,1-3H3;1-2H3;2*1H;/q;;;;;+2/p-2. The second kappa shape index (κ2) is 9.17. The predicted molar refractivity (Wildman–Crippen MR) is 112 cm³/mol. The Hall–Kier alpha value is -0.400.